The molecule has 0 aliphatic rings. The maximum absolute atomic E-state index is 11.9. The van der Waals surface area contributed by atoms with Crippen molar-refractivity contribution in [3.05, 3.63) is 11.2 Å². The lowest BCUT2D eigenvalue weighted by Gasteiger charge is -2.09. The number of anilines is 2. The SMILES string of the molecule is NNc1ncc(Cl)c(NCCC(F)(F)F)n1. The predicted octanol–water partition coefficient (Wildman–Crippen LogP) is 1.78. The summed E-state index contributed by atoms with van der Waals surface area (Å²) in [6.07, 6.45) is -3.96. The molecule has 0 aliphatic heterocycles. The van der Waals surface area contributed by atoms with Gasteiger partial charge in [0.15, 0.2) is 5.82 Å². The average Bonchev–Trinajstić information content (AvgIpc) is 2.19. The molecule has 4 N–H and O–H groups in total. The second kappa shape index (κ2) is 5.17. The second-order valence-corrected chi connectivity index (χ2v) is 3.23. The molecule has 16 heavy (non-hydrogen) atoms. The van der Waals surface area contributed by atoms with Crippen molar-refractivity contribution in [2.45, 2.75) is 12.6 Å². The number of nitrogens with one attached hydrogen (secondary N) is 2. The number of hydrogen-bond donors (Lipinski definition) is 3. The van der Waals surface area contributed by atoms with E-state index in [0.29, 0.717) is 0 Å². The molecular weight excluding hydrogens is 247 g/mol. The number of rotatable bonds is 4. The summed E-state index contributed by atoms with van der Waals surface area (Å²) in [5, 5.41) is 2.57. The zero-order chi connectivity index (χ0) is 12.2. The molecule has 1 heterocycles. The second-order valence-electron chi connectivity index (χ2n) is 2.83. The largest absolute Gasteiger partial charge is 0.390 e. The highest BCUT2D eigenvalue weighted by molar-refractivity contribution is 6.32. The van der Waals surface area contributed by atoms with Crippen LogP contribution in [-0.2, 0) is 0 Å². The van der Waals surface area contributed by atoms with Gasteiger partial charge in [-0.15, -0.1) is 0 Å². The molecule has 0 fully saturated rings. The van der Waals surface area contributed by atoms with Crippen LogP contribution in [0.5, 0.6) is 0 Å². The summed E-state index contributed by atoms with van der Waals surface area (Å²) in [5.74, 6) is 5.21. The number of nitrogens with zero attached hydrogens (tertiary/aromatic N) is 2. The van der Waals surface area contributed by atoms with E-state index in [9.17, 15) is 13.2 Å². The molecule has 9 heteroatoms. The van der Waals surface area contributed by atoms with Crippen molar-refractivity contribution < 1.29 is 13.2 Å². The van der Waals surface area contributed by atoms with Gasteiger partial charge in [-0.2, -0.15) is 18.2 Å². The van der Waals surface area contributed by atoms with Gasteiger partial charge in [-0.05, 0) is 0 Å². The Bertz CT molecular complexity index is 356. The lowest BCUT2D eigenvalue weighted by Crippen LogP contribution is -2.16. The number of halogens is 4. The van der Waals surface area contributed by atoms with Crippen LogP contribution in [0.25, 0.3) is 0 Å². The van der Waals surface area contributed by atoms with Crippen LogP contribution in [-0.4, -0.2) is 22.7 Å². The molecule has 0 amide bonds. The minimum Gasteiger partial charge on any atom is -0.368 e. The highest BCUT2D eigenvalue weighted by Crippen LogP contribution is 2.22. The highest BCUT2D eigenvalue weighted by atomic mass is 35.5. The van der Waals surface area contributed by atoms with Crippen LogP contribution in [0.4, 0.5) is 24.9 Å². The fourth-order valence-corrected chi connectivity index (χ4v) is 1.04. The van der Waals surface area contributed by atoms with E-state index in [4.69, 9.17) is 17.4 Å². The third-order valence-electron chi connectivity index (χ3n) is 1.57. The van der Waals surface area contributed by atoms with E-state index in [1.807, 2.05) is 0 Å². The minimum absolute atomic E-state index is 0.0684. The summed E-state index contributed by atoms with van der Waals surface area (Å²) in [6.45, 7) is -0.315. The molecule has 1 rings (SSSR count). The summed E-state index contributed by atoms with van der Waals surface area (Å²) in [5.41, 5.74) is 2.16. The summed E-state index contributed by atoms with van der Waals surface area (Å²) in [4.78, 5) is 7.43. The van der Waals surface area contributed by atoms with Gasteiger partial charge in [-0.3, -0.25) is 5.43 Å². The third kappa shape index (κ3) is 4.07. The number of hydrogen-bond acceptors (Lipinski definition) is 5. The van der Waals surface area contributed by atoms with Gasteiger partial charge < -0.3 is 5.32 Å². The number of aromatic nitrogens is 2. The Morgan fingerprint density at radius 1 is 1.44 bits per heavy atom. The molecule has 0 radical (unpaired) electrons. The molecule has 0 bridgehead atoms. The van der Waals surface area contributed by atoms with E-state index in [1.165, 1.54) is 6.20 Å². The Morgan fingerprint density at radius 3 is 2.69 bits per heavy atom. The van der Waals surface area contributed by atoms with E-state index < -0.39 is 12.6 Å². The first-order valence-corrected chi connectivity index (χ1v) is 4.60. The van der Waals surface area contributed by atoms with Gasteiger partial charge >= 0.3 is 6.18 Å². The van der Waals surface area contributed by atoms with E-state index >= 15 is 0 Å². The quantitative estimate of drug-likeness (QED) is 0.565. The molecule has 0 spiro atoms. The number of nitrogens with two attached hydrogens (primary N) is 1. The van der Waals surface area contributed by atoms with E-state index in [0.717, 1.165) is 0 Å². The molecule has 0 saturated carbocycles. The monoisotopic (exact) mass is 255 g/mol. The van der Waals surface area contributed by atoms with Crippen molar-refractivity contribution in [1.29, 1.82) is 0 Å². The first-order valence-electron chi connectivity index (χ1n) is 4.22. The summed E-state index contributed by atoms with van der Waals surface area (Å²) in [7, 11) is 0. The lowest BCUT2D eigenvalue weighted by molar-refractivity contribution is -0.131. The Kier molecular flexibility index (Phi) is 4.13. The van der Waals surface area contributed by atoms with Gasteiger partial charge in [-0.25, -0.2) is 10.8 Å². The summed E-state index contributed by atoms with van der Waals surface area (Å²) < 4.78 is 35.6. The zero-order valence-electron chi connectivity index (χ0n) is 7.98. The van der Waals surface area contributed by atoms with Gasteiger partial charge in [-0.1, -0.05) is 11.6 Å². The molecular formula is C7H9ClF3N5. The van der Waals surface area contributed by atoms with Crippen LogP contribution >= 0.6 is 11.6 Å². The Balaban J connectivity index is 2.59. The van der Waals surface area contributed by atoms with Crippen LogP contribution < -0.4 is 16.6 Å². The fraction of sp³-hybridized carbons (Fsp3) is 0.429. The maximum atomic E-state index is 11.9. The Hall–Kier alpha value is -1.28. The van der Waals surface area contributed by atoms with Crippen LogP contribution in [0, 0.1) is 0 Å². The number of alkyl halides is 3. The predicted molar refractivity (Wildman–Crippen MR) is 54.0 cm³/mol. The van der Waals surface area contributed by atoms with Crippen molar-refractivity contribution in [1.82, 2.24) is 9.97 Å². The van der Waals surface area contributed by atoms with Crippen LogP contribution in [0.3, 0.4) is 0 Å². The third-order valence-corrected chi connectivity index (χ3v) is 1.85. The lowest BCUT2D eigenvalue weighted by atomic mass is 10.4. The zero-order valence-corrected chi connectivity index (χ0v) is 8.73. The van der Waals surface area contributed by atoms with Gasteiger partial charge in [0.25, 0.3) is 0 Å². The minimum atomic E-state index is -4.22. The standard InChI is InChI=1S/C7H9ClF3N5/c8-4-3-14-6(16-12)15-5(4)13-2-1-7(9,10)11/h3H,1-2,12H2,(H2,13,14,15,16). The van der Waals surface area contributed by atoms with E-state index in [1.54, 1.807) is 0 Å². The normalized spacial score (nSPS) is 11.3. The van der Waals surface area contributed by atoms with Crippen molar-refractivity contribution >= 4 is 23.4 Å². The molecule has 0 saturated heterocycles. The smallest absolute Gasteiger partial charge is 0.368 e. The van der Waals surface area contributed by atoms with E-state index in [-0.39, 0.29) is 23.3 Å². The summed E-state index contributed by atoms with van der Waals surface area (Å²) in [6, 6.07) is 0. The maximum Gasteiger partial charge on any atom is 0.390 e. The fourth-order valence-electron chi connectivity index (χ4n) is 0.883. The van der Waals surface area contributed by atoms with Gasteiger partial charge in [0.05, 0.1) is 12.6 Å². The molecule has 1 aromatic rings. The van der Waals surface area contributed by atoms with Crippen LogP contribution in [0.15, 0.2) is 6.20 Å². The highest BCUT2D eigenvalue weighted by Gasteiger charge is 2.26. The molecule has 0 aliphatic carbocycles. The molecule has 0 aromatic carbocycles. The molecule has 0 atom stereocenters. The van der Waals surface area contributed by atoms with Crippen molar-refractivity contribution in [3.8, 4) is 0 Å². The topological polar surface area (TPSA) is 75.9 Å². The van der Waals surface area contributed by atoms with Crippen LogP contribution in [0.1, 0.15) is 6.42 Å². The molecule has 1 aromatic heterocycles. The van der Waals surface area contributed by atoms with Crippen molar-refractivity contribution in [3.63, 3.8) is 0 Å². The molecule has 0 unspecified atom stereocenters. The van der Waals surface area contributed by atoms with Crippen molar-refractivity contribution in [2.75, 3.05) is 17.3 Å². The van der Waals surface area contributed by atoms with Gasteiger partial charge in [0.1, 0.15) is 5.02 Å². The Morgan fingerprint density at radius 2 is 2.12 bits per heavy atom. The summed E-state index contributed by atoms with van der Waals surface area (Å²) >= 11 is 5.67. The van der Waals surface area contributed by atoms with E-state index in [2.05, 4.69) is 20.7 Å². The number of nitrogen functional groups attached to an aromatic ring is 1. The first kappa shape index (κ1) is 12.8. The molecule has 90 valence electrons. The van der Waals surface area contributed by atoms with Gasteiger partial charge in [0.2, 0.25) is 5.95 Å². The van der Waals surface area contributed by atoms with Gasteiger partial charge in [0, 0.05) is 6.54 Å². The average molecular weight is 256 g/mol. The van der Waals surface area contributed by atoms with Crippen LogP contribution in [0.2, 0.25) is 5.02 Å². The Labute approximate surface area is 94.2 Å². The first-order chi connectivity index (χ1) is 7.42. The molecule has 5 nitrogen and oxygen atoms in total. The number of hydrazine groups is 1. The van der Waals surface area contributed by atoms with Crippen molar-refractivity contribution in [2.24, 2.45) is 5.84 Å².